The Kier molecular flexibility index (Phi) is 6.02. The van der Waals surface area contributed by atoms with Crippen LogP contribution in [0.4, 0.5) is 14.5 Å². The van der Waals surface area contributed by atoms with Gasteiger partial charge in [0.1, 0.15) is 17.7 Å². The van der Waals surface area contributed by atoms with Crippen molar-refractivity contribution in [2.75, 3.05) is 24.5 Å². The average Bonchev–Trinajstić information content (AvgIpc) is 3.52. The third kappa shape index (κ3) is 4.42. The molecule has 4 heterocycles. The lowest BCUT2D eigenvalue weighted by Gasteiger charge is -2.36. The number of aromatic nitrogens is 3. The zero-order chi connectivity index (χ0) is 28.4. The maximum atomic E-state index is 15.4. The summed E-state index contributed by atoms with van der Waals surface area (Å²) >= 11 is 0. The standard InChI is InChI=1S/C31H29F2N5O3/c1-17-21-4-2-3-5-22(21)25(33)16-37(17)30(39)27-13-28(18-6-7-18)38-29(34-27)14-26(35-38)23-9-8-20(12-24(23)32)36-11-10-19(15-36)31(40)41/h2-5,8-9,12-14,17-19,25H,6-7,10-11,15-16H2,1H3,(H,40,41)/t17-,19+,25?/m1/s1. The Balaban J connectivity index is 1.21. The number of alkyl halides is 1. The average molecular weight is 558 g/mol. The molecule has 7 rings (SSSR count). The molecule has 8 nitrogen and oxygen atoms in total. The number of hydrogen-bond donors (Lipinski definition) is 1. The minimum absolute atomic E-state index is 0.0467. The van der Waals surface area contributed by atoms with Crippen LogP contribution >= 0.6 is 0 Å². The van der Waals surface area contributed by atoms with E-state index in [0.29, 0.717) is 47.7 Å². The molecule has 1 N–H and O–H groups in total. The number of fused-ring (bicyclic) bond motifs is 2. The molecule has 2 aromatic carbocycles. The van der Waals surface area contributed by atoms with Crippen LogP contribution in [-0.2, 0) is 4.79 Å². The van der Waals surface area contributed by atoms with E-state index >= 15 is 8.78 Å². The first-order chi connectivity index (χ1) is 19.8. The molecule has 2 aliphatic heterocycles. The first-order valence-electron chi connectivity index (χ1n) is 14.0. The molecule has 1 unspecified atom stereocenters. The van der Waals surface area contributed by atoms with Gasteiger partial charge in [-0.2, -0.15) is 5.10 Å². The maximum absolute atomic E-state index is 15.4. The highest BCUT2D eigenvalue weighted by atomic mass is 19.1. The monoisotopic (exact) mass is 557 g/mol. The maximum Gasteiger partial charge on any atom is 0.308 e. The molecular weight excluding hydrogens is 528 g/mol. The van der Waals surface area contributed by atoms with Gasteiger partial charge in [-0.15, -0.1) is 0 Å². The van der Waals surface area contributed by atoms with E-state index in [4.69, 9.17) is 0 Å². The summed E-state index contributed by atoms with van der Waals surface area (Å²) in [6.45, 7) is 2.75. The Bertz CT molecular complexity index is 1700. The number of aliphatic carboxylic acids is 1. The summed E-state index contributed by atoms with van der Waals surface area (Å²) in [4.78, 5) is 33.1. The van der Waals surface area contributed by atoms with Crippen molar-refractivity contribution in [3.63, 3.8) is 0 Å². The van der Waals surface area contributed by atoms with Gasteiger partial charge < -0.3 is 14.9 Å². The van der Waals surface area contributed by atoms with Crippen molar-refractivity contribution >= 4 is 23.2 Å². The molecule has 2 aromatic heterocycles. The summed E-state index contributed by atoms with van der Waals surface area (Å²) in [5.74, 6) is -1.89. The number of carboxylic acid groups (broad SMARTS) is 1. The van der Waals surface area contributed by atoms with E-state index in [2.05, 4.69) is 10.1 Å². The van der Waals surface area contributed by atoms with Crippen molar-refractivity contribution in [3.8, 4) is 11.3 Å². The second-order valence-corrected chi connectivity index (χ2v) is 11.3. The second-order valence-electron chi connectivity index (χ2n) is 11.3. The lowest BCUT2D eigenvalue weighted by atomic mass is 9.92. The molecule has 0 radical (unpaired) electrons. The number of anilines is 1. The molecule has 0 spiro atoms. The van der Waals surface area contributed by atoms with Crippen LogP contribution in [0.2, 0.25) is 0 Å². The predicted molar refractivity (Wildman–Crippen MR) is 148 cm³/mol. The van der Waals surface area contributed by atoms with Crippen LogP contribution in [0.15, 0.2) is 54.6 Å². The van der Waals surface area contributed by atoms with Crippen molar-refractivity contribution in [2.45, 2.75) is 44.3 Å². The number of carbonyl (C=O) groups excluding carboxylic acids is 1. The summed E-state index contributed by atoms with van der Waals surface area (Å²) in [5, 5.41) is 14.0. The number of halogens is 2. The SMILES string of the molecule is C[C@@H]1c2ccccc2C(F)CN1C(=O)c1cc(C2CC2)n2nc(-c3ccc(N4CC[C@H](C(=O)O)C4)cc3F)cc2n1. The van der Waals surface area contributed by atoms with Crippen molar-refractivity contribution in [1.29, 1.82) is 0 Å². The number of nitrogens with zero attached hydrogens (tertiary/aromatic N) is 5. The molecule has 1 amide bonds. The molecule has 3 atom stereocenters. The van der Waals surface area contributed by atoms with E-state index < -0.39 is 23.9 Å². The van der Waals surface area contributed by atoms with E-state index in [0.717, 1.165) is 24.1 Å². The molecule has 210 valence electrons. The van der Waals surface area contributed by atoms with Gasteiger partial charge in [-0.1, -0.05) is 24.3 Å². The zero-order valence-corrected chi connectivity index (χ0v) is 22.5. The van der Waals surface area contributed by atoms with Gasteiger partial charge >= 0.3 is 5.97 Å². The van der Waals surface area contributed by atoms with Gasteiger partial charge in [0.25, 0.3) is 5.91 Å². The highest BCUT2D eigenvalue weighted by Gasteiger charge is 2.36. The third-order valence-electron chi connectivity index (χ3n) is 8.67. The van der Waals surface area contributed by atoms with Crippen LogP contribution in [-0.4, -0.2) is 56.1 Å². The lowest BCUT2D eigenvalue weighted by Crippen LogP contribution is -2.40. The number of amides is 1. The van der Waals surface area contributed by atoms with Gasteiger partial charge in [0, 0.05) is 42.0 Å². The van der Waals surface area contributed by atoms with Crippen molar-refractivity contribution in [2.24, 2.45) is 5.92 Å². The first kappa shape index (κ1) is 25.6. The summed E-state index contributed by atoms with van der Waals surface area (Å²) in [5.41, 5.74) is 4.22. The van der Waals surface area contributed by atoms with Crippen LogP contribution in [0.1, 0.15) is 71.6 Å². The third-order valence-corrected chi connectivity index (χ3v) is 8.67. The Morgan fingerprint density at radius 2 is 1.78 bits per heavy atom. The minimum Gasteiger partial charge on any atom is -0.481 e. The smallest absolute Gasteiger partial charge is 0.308 e. The highest BCUT2D eigenvalue weighted by molar-refractivity contribution is 5.93. The Morgan fingerprint density at radius 3 is 2.49 bits per heavy atom. The lowest BCUT2D eigenvalue weighted by molar-refractivity contribution is -0.140. The molecule has 41 heavy (non-hydrogen) atoms. The van der Waals surface area contributed by atoms with Crippen LogP contribution in [0.25, 0.3) is 16.9 Å². The number of hydrogen-bond acceptors (Lipinski definition) is 5. The number of benzene rings is 2. The molecular formula is C31H29F2N5O3. The van der Waals surface area contributed by atoms with Gasteiger partial charge in [0.05, 0.1) is 24.2 Å². The Morgan fingerprint density at radius 1 is 1.00 bits per heavy atom. The number of carbonyl (C=O) groups is 2. The largest absolute Gasteiger partial charge is 0.481 e. The number of rotatable bonds is 5. The highest BCUT2D eigenvalue weighted by Crippen LogP contribution is 2.42. The van der Waals surface area contributed by atoms with Crippen LogP contribution in [0.5, 0.6) is 0 Å². The zero-order valence-electron chi connectivity index (χ0n) is 22.5. The van der Waals surface area contributed by atoms with E-state index in [1.165, 1.54) is 11.0 Å². The molecule has 4 aromatic rings. The van der Waals surface area contributed by atoms with E-state index in [9.17, 15) is 14.7 Å². The fourth-order valence-corrected chi connectivity index (χ4v) is 6.19. The minimum atomic E-state index is -1.28. The molecule has 10 heteroatoms. The topological polar surface area (TPSA) is 91.0 Å². The van der Waals surface area contributed by atoms with Crippen LogP contribution in [0.3, 0.4) is 0 Å². The first-order valence-corrected chi connectivity index (χ1v) is 14.0. The van der Waals surface area contributed by atoms with E-state index in [-0.39, 0.29) is 30.1 Å². The van der Waals surface area contributed by atoms with Gasteiger partial charge in [0.15, 0.2) is 5.65 Å². The second kappa shape index (κ2) is 9.64. The molecule has 0 bridgehead atoms. The summed E-state index contributed by atoms with van der Waals surface area (Å²) in [6, 6.07) is 15.2. The van der Waals surface area contributed by atoms with Crippen LogP contribution in [0, 0.1) is 11.7 Å². The molecule has 1 aliphatic carbocycles. The van der Waals surface area contributed by atoms with Gasteiger partial charge in [-0.3, -0.25) is 9.59 Å². The molecule has 3 aliphatic rings. The normalized spacial score (nSPS) is 22.3. The van der Waals surface area contributed by atoms with Gasteiger partial charge in [-0.05, 0) is 61.6 Å². The number of carboxylic acids is 1. The van der Waals surface area contributed by atoms with E-state index in [1.54, 1.807) is 34.8 Å². The van der Waals surface area contributed by atoms with Crippen molar-refractivity contribution in [3.05, 3.63) is 82.9 Å². The van der Waals surface area contributed by atoms with Crippen molar-refractivity contribution in [1.82, 2.24) is 19.5 Å². The Hall–Kier alpha value is -4.34. The van der Waals surface area contributed by atoms with Crippen LogP contribution < -0.4 is 4.90 Å². The predicted octanol–water partition coefficient (Wildman–Crippen LogP) is 5.55. The quantitative estimate of drug-likeness (QED) is 0.346. The Labute approximate surface area is 235 Å². The van der Waals surface area contributed by atoms with Gasteiger partial charge in [0.2, 0.25) is 0 Å². The van der Waals surface area contributed by atoms with Gasteiger partial charge in [-0.25, -0.2) is 18.3 Å². The van der Waals surface area contributed by atoms with E-state index in [1.807, 2.05) is 30.0 Å². The summed E-state index contributed by atoms with van der Waals surface area (Å²) in [7, 11) is 0. The van der Waals surface area contributed by atoms with Crippen molar-refractivity contribution < 1.29 is 23.5 Å². The molecule has 1 saturated carbocycles. The summed E-state index contributed by atoms with van der Waals surface area (Å²) < 4.78 is 32.1. The molecule has 2 fully saturated rings. The molecule has 1 saturated heterocycles. The fraction of sp³-hybridized carbons (Fsp3) is 0.355. The summed E-state index contributed by atoms with van der Waals surface area (Å²) in [6.07, 6.45) is 1.16. The fourth-order valence-electron chi connectivity index (χ4n) is 6.19.